The van der Waals surface area contributed by atoms with Crippen LogP contribution in [0.5, 0.6) is 0 Å². The molecule has 0 aromatic heterocycles. The van der Waals surface area contributed by atoms with Gasteiger partial charge in [0.2, 0.25) is 11.8 Å². The van der Waals surface area contributed by atoms with Crippen LogP contribution in [0.15, 0.2) is 29.2 Å². The number of rotatable bonds is 5. The maximum atomic E-state index is 12.7. The van der Waals surface area contributed by atoms with Crippen molar-refractivity contribution in [3.63, 3.8) is 0 Å². The second-order valence-corrected chi connectivity index (χ2v) is 8.27. The lowest BCUT2D eigenvalue weighted by Crippen LogP contribution is -2.49. The zero-order valence-corrected chi connectivity index (χ0v) is 16.4. The third kappa shape index (κ3) is 5.38. The van der Waals surface area contributed by atoms with Gasteiger partial charge in [0.15, 0.2) is 0 Å². The number of morpholine rings is 1. The van der Waals surface area contributed by atoms with E-state index in [4.69, 9.17) is 16.3 Å². The van der Waals surface area contributed by atoms with Crippen LogP contribution in [0.1, 0.15) is 19.3 Å². The summed E-state index contributed by atoms with van der Waals surface area (Å²) in [4.78, 5) is 30.1. The Morgan fingerprint density at radius 1 is 1.12 bits per heavy atom. The van der Waals surface area contributed by atoms with Crippen molar-refractivity contribution in [3.8, 4) is 0 Å². The van der Waals surface area contributed by atoms with Crippen molar-refractivity contribution >= 4 is 35.2 Å². The Morgan fingerprint density at radius 3 is 2.58 bits per heavy atom. The van der Waals surface area contributed by atoms with Crippen molar-refractivity contribution < 1.29 is 14.3 Å². The predicted molar refractivity (Wildman–Crippen MR) is 103 cm³/mol. The zero-order chi connectivity index (χ0) is 18.4. The summed E-state index contributed by atoms with van der Waals surface area (Å²) in [7, 11) is 0. The van der Waals surface area contributed by atoms with Crippen LogP contribution >= 0.6 is 23.4 Å². The lowest BCUT2D eigenvalue weighted by atomic mass is 9.96. The van der Waals surface area contributed by atoms with Gasteiger partial charge in [-0.3, -0.25) is 9.59 Å². The molecule has 0 bridgehead atoms. The van der Waals surface area contributed by atoms with Crippen molar-refractivity contribution in [2.75, 3.05) is 45.1 Å². The van der Waals surface area contributed by atoms with Gasteiger partial charge in [0, 0.05) is 48.3 Å². The third-order valence-electron chi connectivity index (χ3n) is 4.84. The summed E-state index contributed by atoms with van der Waals surface area (Å²) in [5, 5.41) is 0.717. The van der Waals surface area contributed by atoms with E-state index in [1.165, 1.54) is 0 Å². The molecule has 0 saturated carbocycles. The molecule has 1 atom stereocenters. The first-order valence-corrected chi connectivity index (χ1v) is 10.5. The van der Waals surface area contributed by atoms with Crippen molar-refractivity contribution in [3.05, 3.63) is 29.3 Å². The maximum Gasteiger partial charge on any atom is 0.227 e. The molecular formula is C19H25ClN2O3S. The van der Waals surface area contributed by atoms with Crippen LogP contribution in [0.3, 0.4) is 0 Å². The molecule has 1 aromatic carbocycles. The highest BCUT2D eigenvalue weighted by molar-refractivity contribution is 7.99. The van der Waals surface area contributed by atoms with E-state index in [-0.39, 0.29) is 17.7 Å². The Bertz CT molecular complexity index is 620. The highest BCUT2D eigenvalue weighted by Gasteiger charge is 2.31. The minimum absolute atomic E-state index is 0.0604. The molecule has 142 valence electrons. The number of benzene rings is 1. The van der Waals surface area contributed by atoms with Gasteiger partial charge in [-0.25, -0.2) is 0 Å². The second-order valence-electron chi connectivity index (χ2n) is 6.67. The summed E-state index contributed by atoms with van der Waals surface area (Å²) in [5.74, 6) is 1.00. The molecule has 2 fully saturated rings. The smallest absolute Gasteiger partial charge is 0.227 e. The highest BCUT2D eigenvalue weighted by atomic mass is 35.5. The molecule has 26 heavy (non-hydrogen) atoms. The third-order valence-corrected chi connectivity index (χ3v) is 6.11. The number of likely N-dealkylation sites (tertiary alicyclic amines) is 1. The van der Waals surface area contributed by atoms with E-state index >= 15 is 0 Å². The highest BCUT2D eigenvalue weighted by Crippen LogP contribution is 2.23. The number of amides is 2. The van der Waals surface area contributed by atoms with Crippen molar-refractivity contribution in [2.24, 2.45) is 5.92 Å². The van der Waals surface area contributed by atoms with E-state index in [1.807, 2.05) is 34.1 Å². The number of nitrogens with zero attached hydrogens (tertiary/aromatic N) is 2. The first-order valence-electron chi connectivity index (χ1n) is 9.16. The van der Waals surface area contributed by atoms with Gasteiger partial charge in [0.05, 0.1) is 19.1 Å². The van der Waals surface area contributed by atoms with Crippen LogP contribution in [-0.2, 0) is 14.3 Å². The minimum Gasteiger partial charge on any atom is -0.378 e. The summed E-state index contributed by atoms with van der Waals surface area (Å²) in [6.07, 6.45) is 2.27. The molecule has 0 radical (unpaired) electrons. The molecule has 2 aliphatic heterocycles. The Hall–Kier alpha value is -1.24. The molecule has 5 nitrogen and oxygen atoms in total. The number of hydrogen-bond acceptors (Lipinski definition) is 4. The van der Waals surface area contributed by atoms with E-state index in [1.54, 1.807) is 11.8 Å². The molecule has 0 aliphatic carbocycles. The fourth-order valence-corrected chi connectivity index (χ4v) is 4.36. The van der Waals surface area contributed by atoms with Gasteiger partial charge in [0.1, 0.15) is 0 Å². The van der Waals surface area contributed by atoms with Gasteiger partial charge in [0.25, 0.3) is 0 Å². The average molecular weight is 397 g/mol. The van der Waals surface area contributed by atoms with E-state index in [0.717, 1.165) is 35.1 Å². The molecule has 2 aliphatic rings. The van der Waals surface area contributed by atoms with Crippen LogP contribution in [0.25, 0.3) is 0 Å². The summed E-state index contributed by atoms with van der Waals surface area (Å²) >= 11 is 7.54. The van der Waals surface area contributed by atoms with Crippen molar-refractivity contribution in [1.29, 1.82) is 0 Å². The monoisotopic (exact) mass is 396 g/mol. The second kappa shape index (κ2) is 9.62. The first-order chi connectivity index (χ1) is 12.6. The van der Waals surface area contributed by atoms with E-state index in [0.29, 0.717) is 39.3 Å². The molecule has 1 aromatic rings. The molecule has 2 saturated heterocycles. The Kier molecular flexibility index (Phi) is 7.23. The van der Waals surface area contributed by atoms with Crippen molar-refractivity contribution in [2.45, 2.75) is 24.2 Å². The average Bonchev–Trinajstić information content (AvgIpc) is 2.69. The van der Waals surface area contributed by atoms with Crippen LogP contribution < -0.4 is 0 Å². The van der Waals surface area contributed by atoms with Crippen LogP contribution in [0.4, 0.5) is 0 Å². The minimum atomic E-state index is -0.0604. The lowest BCUT2D eigenvalue weighted by molar-refractivity contribution is -0.143. The molecule has 0 N–H and O–H groups in total. The van der Waals surface area contributed by atoms with Gasteiger partial charge in [-0.15, -0.1) is 11.8 Å². The zero-order valence-electron chi connectivity index (χ0n) is 14.9. The number of carbonyl (C=O) groups is 2. The molecule has 2 amide bonds. The number of thioether (sulfide) groups is 1. The Balaban J connectivity index is 1.45. The number of hydrogen-bond donors (Lipinski definition) is 0. The summed E-state index contributed by atoms with van der Waals surface area (Å²) in [6, 6.07) is 7.65. The lowest BCUT2D eigenvalue weighted by Gasteiger charge is -2.36. The van der Waals surface area contributed by atoms with E-state index < -0.39 is 0 Å². The molecule has 7 heteroatoms. The van der Waals surface area contributed by atoms with Gasteiger partial charge < -0.3 is 14.5 Å². The quantitative estimate of drug-likeness (QED) is 0.718. The SMILES string of the molecule is O=C(CCSc1ccc(Cl)cc1)N1CCCC(C(=O)N2CCOCC2)C1. The molecule has 3 rings (SSSR count). The van der Waals surface area contributed by atoms with Gasteiger partial charge >= 0.3 is 0 Å². The first kappa shape index (κ1) is 19.5. The Morgan fingerprint density at radius 2 is 1.85 bits per heavy atom. The Labute approximate surface area is 164 Å². The van der Waals surface area contributed by atoms with Crippen LogP contribution in [0, 0.1) is 5.92 Å². The topological polar surface area (TPSA) is 49.9 Å². The van der Waals surface area contributed by atoms with E-state index in [9.17, 15) is 9.59 Å². The van der Waals surface area contributed by atoms with Gasteiger partial charge in [-0.2, -0.15) is 0 Å². The molecule has 0 spiro atoms. The van der Waals surface area contributed by atoms with Crippen LogP contribution in [-0.4, -0.2) is 66.8 Å². The maximum absolute atomic E-state index is 12.7. The largest absolute Gasteiger partial charge is 0.378 e. The molecular weight excluding hydrogens is 372 g/mol. The van der Waals surface area contributed by atoms with Gasteiger partial charge in [-0.1, -0.05) is 11.6 Å². The fourth-order valence-electron chi connectivity index (χ4n) is 3.39. The molecule has 1 unspecified atom stereocenters. The standard InChI is InChI=1S/C19H25ClN2O3S/c20-16-3-5-17(6-4-16)26-13-7-18(23)22-8-1-2-15(14-22)19(24)21-9-11-25-12-10-21/h3-6,15H,1-2,7-14H2. The van der Waals surface area contributed by atoms with Crippen LogP contribution in [0.2, 0.25) is 5.02 Å². The fraction of sp³-hybridized carbons (Fsp3) is 0.579. The molecule has 2 heterocycles. The summed E-state index contributed by atoms with van der Waals surface area (Å²) in [5.41, 5.74) is 0. The van der Waals surface area contributed by atoms with E-state index in [2.05, 4.69) is 0 Å². The summed E-state index contributed by atoms with van der Waals surface area (Å²) < 4.78 is 5.32. The normalized spacial score (nSPS) is 20.9. The van der Waals surface area contributed by atoms with Gasteiger partial charge in [-0.05, 0) is 37.1 Å². The van der Waals surface area contributed by atoms with Crippen molar-refractivity contribution in [1.82, 2.24) is 9.80 Å². The summed E-state index contributed by atoms with van der Waals surface area (Å²) in [6.45, 7) is 3.88. The number of carbonyl (C=O) groups excluding carboxylic acids is 2. The number of halogens is 1. The number of piperidine rings is 1. The number of ether oxygens (including phenoxy) is 1. The predicted octanol–water partition coefficient (Wildman–Crippen LogP) is 2.92.